The van der Waals surface area contributed by atoms with E-state index in [0.29, 0.717) is 0 Å². The van der Waals surface area contributed by atoms with E-state index in [-0.39, 0.29) is 13.3 Å². The summed E-state index contributed by atoms with van der Waals surface area (Å²) in [6, 6.07) is 0. The van der Waals surface area contributed by atoms with Crippen molar-refractivity contribution in [1.29, 1.82) is 0 Å². The number of hydrogen-bond acceptors (Lipinski definition) is 0. The Kier molecular flexibility index (Phi) is 31.5. The molecular weight excluding hydrogens is 471 g/mol. The molecule has 0 bridgehead atoms. The molecule has 0 saturated heterocycles. The van der Waals surface area contributed by atoms with Crippen LogP contribution in [0.5, 0.6) is 0 Å². The molecular formula is CoMoSe4. The van der Waals surface area contributed by atoms with Gasteiger partial charge >= 0.3 is 76.3 Å². The van der Waals surface area contributed by atoms with Crippen molar-refractivity contribution in [2.75, 3.05) is 0 Å². The Balaban J connectivity index is 0. The van der Waals surface area contributed by atoms with Crippen molar-refractivity contribution in [3.05, 3.63) is 0 Å². The average molecular weight is 471 g/mol. The van der Waals surface area contributed by atoms with Gasteiger partial charge in [0.05, 0.1) is 0 Å². The minimum atomic E-state index is 0.220. The van der Waals surface area contributed by atoms with Crippen molar-refractivity contribution in [2.24, 2.45) is 0 Å². The van der Waals surface area contributed by atoms with E-state index in [2.05, 4.69) is 53.1 Å². The Morgan fingerprint density at radius 1 is 1.17 bits per heavy atom. The van der Waals surface area contributed by atoms with E-state index in [1.165, 1.54) is 10.0 Å². The second kappa shape index (κ2) is 15.7. The third-order valence-corrected chi connectivity index (χ3v) is 0. The van der Waals surface area contributed by atoms with Gasteiger partial charge in [0.1, 0.15) is 0 Å². The van der Waals surface area contributed by atoms with Gasteiger partial charge in [0.25, 0.3) is 0 Å². The molecule has 0 aromatic heterocycles. The van der Waals surface area contributed by atoms with Gasteiger partial charge in [-0.2, -0.15) is 0 Å². The average Bonchev–Trinajstić information content (AvgIpc) is 1.39. The Hall–Kier alpha value is 3.27. The Morgan fingerprint density at radius 2 is 1.17 bits per heavy atom. The maximum absolute atomic E-state index is 2.88. The predicted molar refractivity (Wildman–Crippen MR) is 23.0 cm³/mol. The summed E-state index contributed by atoms with van der Waals surface area (Å²) in [7, 11) is 1.19. The Morgan fingerprint density at radius 3 is 1.17 bits per heavy atom. The molecule has 0 spiro atoms. The molecule has 0 amide bonds. The first-order valence-electron chi connectivity index (χ1n) is 0.605. The van der Waals surface area contributed by atoms with Crippen molar-refractivity contribution < 1.29 is 23.3 Å². The Bertz CT molecular complexity index is 61.5. The summed E-state index contributed by atoms with van der Waals surface area (Å²) in [6.45, 7) is 0. The Labute approximate surface area is 74.7 Å². The summed E-state index contributed by atoms with van der Waals surface area (Å²) < 4.78 is 0. The van der Waals surface area contributed by atoms with Gasteiger partial charge in [-0.05, 0) is 0 Å². The van der Waals surface area contributed by atoms with E-state index >= 15 is 0 Å². The van der Waals surface area contributed by atoms with Crippen LogP contribution in [0.3, 0.4) is 0 Å². The molecule has 0 aliphatic carbocycles. The van der Waals surface area contributed by atoms with Crippen LogP contribution in [-0.2, 0) is 23.3 Å². The van der Waals surface area contributed by atoms with E-state index < -0.39 is 0 Å². The topological polar surface area (TPSA) is 0 Å². The summed E-state index contributed by atoms with van der Waals surface area (Å²) in [4.78, 5) is 0. The second-order valence-corrected chi connectivity index (χ2v) is 17.1. The molecule has 0 unspecified atom stereocenters. The van der Waals surface area contributed by atoms with Gasteiger partial charge in [-0.15, -0.1) is 0 Å². The van der Waals surface area contributed by atoms with E-state index in [9.17, 15) is 0 Å². The second-order valence-electron chi connectivity index (χ2n) is 0.124. The zero-order chi connectivity index (χ0) is 5.41. The molecule has 0 aromatic rings. The summed E-state index contributed by atoms with van der Waals surface area (Å²) in [5.41, 5.74) is 0. The third-order valence-electron chi connectivity index (χ3n) is 0. The zero-order valence-corrected chi connectivity index (χ0v) is 12.3. The van der Waals surface area contributed by atoms with Crippen molar-refractivity contribution in [1.82, 2.24) is 0 Å². The van der Waals surface area contributed by atoms with Crippen molar-refractivity contribution >= 4 is 53.1 Å². The van der Waals surface area contributed by atoms with Crippen LogP contribution in [0, 0.1) is 0 Å². The first kappa shape index (κ1) is 12.0. The van der Waals surface area contributed by atoms with Gasteiger partial charge in [-0.3, -0.25) is 0 Å². The van der Waals surface area contributed by atoms with Crippen LogP contribution in [0.4, 0.5) is 0 Å². The molecule has 0 aliphatic rings. The van der Waals surface area contributed by atoms with Crippen LogP contribution in [0.2, 0.25) is 0 Å². The quantitative estimate of drug-likeness (QED) is 0.377. The van der Waals surface area contributed by atoms with Crippen molar-refractivity contribution in [3.63, 3.8) is 0 Å². The molecule has 6 heavy (non-hydrogen) atoms. The molecule has 0 aliphatic heterocycles. The SMILES string of the molecule is [Se]=[Co]=[Se].[Se]=[Mo]=[Se]. The third kappa shape index (κ3) is 26.7. The fourth-order valence-corrected chi connectivity index (χ4v) is 0. The van der Waals surface area contributed by atoms with Crippen LogP contribution in [0.1, 0.15) is 0 Å². The van der Waals surface area contributed by atoms with E-state index in [0.717, 1.165) is 0 Å². The summed E-state index contributed by atoms with van der Waals surface area (Å²) >= 11 is 11.4. The van der Waals surface area contributed by atoms with Crippen LogP contribution in [0.25, 0.3) is 0 Å². The van der Waals surface area contributed by atoms with Crippen molar-refractivity contribution in [2.45, 2.75) is 0 Å². The molecule has 0 saturated carbocycles. The molecule has 0 heterocycles. The molecule has 6 heteroatoms. The number of rotatable bonds is 0. The van der Waals surface area contributed by atoms with Gasteiger partial charge in [-0.25, -0.2) is 0 Å². The van der Waals surface area contributed by atoms with Crippen LogP contribution >= 0.6 is 0 Å². The summed E-state index contributed by atoms with van der Waals surface area (Å²) in [5.74, 6) is 0. The maximum atomic E-state index is 2.88. The molecule has 39 valence electrons. The minimum absolute atomic E-state index is 0.220. The molecule has 0 aromatic carbocycles. The van der Waals surface area contributed by atoms with Gasteiger partial charge in [0, 0.05) is 0 Å². The fourth-order valence-electron chi connectivity index (χ4n) is 0. The first-order valence-corrected chi connectivity index (χ1v) is 16.1. The molecule has 0 fully saturated rings. The normalized spacial score (nSPS) is 4.67. The molecule has 0 rings (SSSR count). The predicted octanol–water partition coefficient (Wildman–Crippen LogP) is -1.53. The zero-order valence-electron chi connectivity index (χ0n) is 2.37. The molecule has 0 atom stereocenters. The van der Waals surface area contributed by atoms with E-state index in [1.807, 2.05) is 0 Å². The fraction of sp³-hybridized carbons (Fsp3) is 0. The number of hydrogen-bond donors (Lipinski definition) is 0. The molecule has 0 nitrogen and oxygen atoms in total. The van der Waals surface area contributed by atoms with Gasteiger partial charge < -0.3 is 0 Å². The summed E-state index contributed by atoms with van der Waals surface area (Å²) in [6.07, 6.45) is 0. The van der Waals surface area contributed by atoms with Crippen LogP contribution < -0.4 is 0 Å². The standard InChI is InChI=1S/Co.Mo.4Se. The van der Waals surface area contributed by atoms with E-state index in [1.54, 1.807) is 0 Å². The first-order chi connectivity index (χ1) is 2.83. The van der Waals surface area contributed by atoms with Gasteiger partial charge in [-0.1, -0.05) is 0 Å². The van der Waals surface area contributed by atoms with Gasteiger partial charge in [0.15, 0.2) is 0 Å². The summed E-state index contributed by atoms with van der Waals surface area (Å²) in [5, 5.41) is 0. The molecule has 0 radical (unpaired) electrons. The van der Waals surface area contributed by atoms with Crippen LogP contribution in [-0.4, -0.2) is 53.1 Å². The molecule has 0 N–H and O–H groups in total. The van der Waals surface area contributed by atoms with E-state index in [4.69, 9.17) is 0 Å². The van der Waals surface area contributed by atoms with Crippen molar-refractivity contribution in [3.8, 4) is 0 Å². The monoisotopic (exact) mass is 477 g/mol. The van der Waals surface area contributed by atoms with Gasteiger partial charge in [0.2, 0.25) is 0 Å². The van der Waals surface area contributed by atoms with Crippen LogP contribution in [0.15, 0.2) is 0 Å².